The van der Waals surface area contributed by atoms with Crippen molar-refractivity contribution in [2.24, 2.45) is 0 Å². The fraction of sp³-hybridized carbons (Fsp3) is 0.143. The predicted octanol–water partition coefficient (Wildman–Crippen LogP) is 3.20. The van der Waals surface area contributed by atoms with Crippen LogP contribution in [0.25, 0.3) is 0 Å². The van der Waals surface area contributed by atoms with Crippen LogP contribution in [0.4, 0.5) is 8.78 Å². The van der Waals surface area contributed by atoms with E-state index < -0.39 is 17.1 Å². The Labute approximate surface area is 82.7 Å². The maximum absolute atomic E-state index is 12.2. The summed E-state index contributed by atoms with van der Waals surface area (Å²) in [4.78, 5) is 3.41. The summed E-state index contributed by atoms with van der Waals surface area (Å²) in [6.07, 6.45) is -2.79. The summed E-state index contributed by atoms with van der Waals surface area (Å²) in [5.74, 6) is 0. The smallest absolute Gasteiger partial charge is 0.225 e. The second-order valence-corrected chi connectivity index (χ2v) is 2.87. The van der Waals surface area contributed by atoms with Gasteiger partial charge in [0, 0.05) is 0 Å². The van der Waals surface area contributed by atoms with Crippen LogP contribution >= 0.6 is 23.2 Å². The lowest BCUT2D eigenvalue weighted by atomic mass is 10.2. The van der Waals surface area contributed by atoms with Gasteiger partial charge in [-0.2, -0.15) is 5.26 Å². The monoisotopic (exact) mass is 222 g/mol. The summed E-state index contributed by atoms with van der Waals surface area (Å²) in [6, 6.07) is 2.70. The normalized spacial score (nSPS) is 10.2. The van der Waals surface area contributed by atoms with E-state index in [1.54, 1.807) is 6.07 Å². The zero-order chi connectivity index (χ0) is 10.0. The number of nitriles is 1. The van der Waals surface area contributed by atoms with Crippen molar-refractivity contribution in [1.82, 2.24) is 4.98 Å². The highest BCUT2D eigenvalue weighted by atomic mass is 35.5. The van der Waals surface area contributed by atoms with Gasteiger partial charge in [-0.1, -0.05) is 23.2 Å². The van der Waals surface area contributed by atoms with E-state index >= 15 is 0 Å². The van der Waals surface area contributed by atoms with Crippen LogP contribution in [-0.4, -0.2) is 4.98 Å². The molecule has 0 aliphatic rings. The first-order chi connectivity index (χ1) is 6.06. The Bertz CT molecular complexity index is 350. The molecule has 0 N–H and O–H groups in total. The van der Waals surface area contributed by atoms with Crippen molar-refractivity contribution in [3.63, 3.8) is 0 Å². The van der Waals surface area contributed by atoms with Crippen LogP contribution in [0.5, 0.6) is 0 Å². The Morgan fingerprint density at radius 2 is 2.08 bits per heavy atom. The van der Waals surface area contributed by atoms with Gasteiger partial charge in [-0.15, -0.1) is 0 Å². The highest BCUT2D eigenvalue weighted by molar-refractivity contribution is 6.35. The van der Waals surface area contributed by atoms with Gasteiger partial charge in [-0.05, 0) is 6.07 Å². The fourth-order valence-corrected chi connectivity index (χ4v) is 1.35. The fourth-order valence-electron chi connectivity index (χ4n) is 0.746. The highest BCUT2D eigenvalue weighted by Gasteiger charge is 2.18. The highest BCUT2D eigenvalue weighted by Crippen LogP contribution is 2.32. The van der Waals surface area contributed by atoms with Crippen molar-refractivity contribution in [1.29, 1.82) is 5.26 Å². The van der Waals surface area contributed by atoms with Crippen LogP contribution in [-0.2, 0) is 0 Å². The van der Waals surface area contributed by atoms with Crippen LogP contribution in [0, 0.1) is 11.3 Å². The molecule has 0 aliphatic heterocycles. The van der Waals surface area contributed by atoms with E-state index in [2.05, 4.69) is 4.98 Å². The van der Waals surface area contributed by atoms with Crippen molar-refractivity contribution < 1.29 is 8.78 Å². The quantitative estimate of drug-likeness (QED) is 0.685. The molecule has 0 amide bonds. The van der Waals surface area contributed by atoms with Crippen LogP contribution in [0.1, 0.15) is 17.7 Å². The molecule has 0 saturated heterocycles. The second kappa shape index (κ2) is 3.86. The van der Waals surface area contributed by atoms with Gasteiger partial charge in [0.15, 0.2) is 0 Å². The molecule has 0 aliphatic carbocycles. The molecule has 1 aromatic rings. The van der Waals surface area contributed by atoms with Crippen LogP contribution in [0.2, 0.25) is 10.2 Å². The molecule has 1 rings (SSSR count). The van der Waals surface area contributed by atoms with E-state index in [1.807, 2.05) is 0 Å². The molecule has 0 bridgehead atoms. The predicted molar refractivity (Wildman–Crippen MR) is 43.9 cm³/mol. The zero-order valence-electron chi connectivity index (χ0n) is 6.06. The standard InChI is InChI=1S/C7H2Cl2F2N2/c8-4-1-3(2-12)13-6(9)5(4)7(10)11/h1,7H. The first kappa shape index (κ1) is 10.2. The molecule has 0 fully saturated rings. The first-order valence-corrected chi connectivity index (χ1v) is 3.86. The molecule has 2 nitrogen and oxygen atoms in total. The van der Waals surface area contributed by atoms with Crippen molar-refractivity contribution >= 4 is 23.2 Å². The van der Waals surface area contributed by atoms with Gasteiger partial charge in [0.1, 0.15) is 16.9 Å². The third-order valence-corrected chi connectivity index (χ3v) is 1.90. The Morgan fingerprint density at radius 3 is 2.46 bits per heavy atom. The lowest BCUT2D eigenvalue weighted by molar-refractivity contribution is 0.151. The second-order valence-electron chi connectivity index (χ2n) is 2.11. The molecular formula is C7H2Cl2F2N2. The number of rotatable bonds is 1. The van der Waals surface area contributed by atoms with Gasteiger partial charge in [-0.25, -0.2) is 13.8 Å². The third kappa shape index (κ3) is 2.06. The van der Waals surface area contributed by atoms with Gasteiger partial charge in [-0.3, -0.25) is 0 Å². The Hall–Kier alpha value is -0.920. The molecule has 0 spiro atoms. The van der Waals surface area contributed by atoms with Crippen LogP contribution in [0.3, 0.4) is 0 Å². The third-order valence-electron chi connectivity index (χ3n) is 1.29. The van der Waals surface area contributed by atoms with Crippen LogP contribution < -0.4 is 0 Å². The van der Waals surface area contributed by atoms with E-state index in [4.69, 9.17) is 28.5 Å². The van der Waals surface area contributed by atoms with Gasteiger partial charge < -0.3 is 0 Å². The lowest BCUT2D eigenvalue weighted by Crippen LogP contribution is -1.93. The van der Waals surface area contributed by atoms with Crippen molar-refractivity contribution in [2.75, 3.05) is 0 Å². The number of halogens is 4. The average Bonchev–Trinajstić information content (AvgIpc) is 2.02. The molecule has 0 saturated carbocycles. The van der Waals surface area contributed by atoms with E-state index in [9.17, 15) is 8.78 Å². The van der Waals surface area contributed by atoms with Crippen molar-refractivity contribution in [3.05, 3.63) is 27.5 Å². The Morgan fingerprint density at radius 1 is 1.46 bits per heavy atom. The average molecular weight is 223 g/mol. The molecular weight excluding hydrogens is 221 g/mol. The van der Waals surface area contributed by atoms with E-state index in [0.717, 1.165) is 6.07 Å². The number of pyridine rings is 1. The van der Waals surface area contributed by atoms with Gasteiger partial charge >= 0.3 is 0 Å². The largest absolute Gasteiger partial charge is 0.268 e. The maximum atomic E-state index is 12.2. The first-order valence-electron chi connectivity index (χ1n) is 3.10. The van der Waals surface area contributed by atoms with Crippen molar-refractivity contribution in [2.45, 2.75) is 6.43 Å². The number of aromatic nitrogens is 1. The van der Waals surface area contributed by atoms with Crippen molar-refractivity contribution in [3.8, 4) is 6.07 Å². The number of hydrogen-bond acceptors (Lipinski definition) is 2. The topological polar surface area (TPSA) is 36.7 Å². The molecule has 6 heteroatoms. The molecule has 0 radical (unpaired) electrons. The summed E-state index contributed by atoms with van der Waals surface area (Å²) >= 11 is 10.8. The zero-order valence-corrected chi connectivity index (χ0v) is 7.57. The minimum absolute atomic E-state index is 0.0839. The van der Waals surface area contributed by atoms with E-state index in [0.29, 0.717) is 0 Å². The number of nitrogens with zero attached hydrogens (tertiary/aromatic N) is 2. The molecule has 68 valence electrons. The Kier molecular flexibility index (Phi) is 3.02. The minimum atomic E-state index is -2.79. The maximum Gasteiger partial charge on any atom is 0.268 e. The van der Waals surface area contributed by atoms with E-state index in [-0.39, 0.29) is 10.7 Å². The Balaban J connectivity index is 3.33. The number of alkyl halides is 2. The van der Waals surface area contributed by atoms with Crippen LogP contribution in [0.15, 0.2) is 6.07 Å². The molecule has 13 heavy (non-hydrogen) atoms. The van der Waals surface area contributed by atoms with Gasteiger partial charge in [0.25, 0.3) is 6.43 Å². The summed E-state index contributed by atoms with van der Waals surface area (Å²) in [7, 11) is 0. The molecule has 0 unspecified atom stereocenters. The molecule has 1 aromatic heterocycles. The number of hydrogen-bond donors (Lipinski definition) is 0. The summed E-state index contributed by atoms with van der Waals surface area (Å²) < 4.78 is 24.5. The summed E-state index contributed by atoms with van der Waals surface area (Å²) in [5.41, 5.74) is -0.623. The van der Waals surface area contributed by atoms with E-state index in [1.165, 1.54) is 0 Å². The van der Waals surface area contributed by atoms with Gasteiger partial charge in [0.05, 0.1) is 10.6 Å². The summed E-state index contributed by atoms with van der Waals surface area (Å²) in [5, 5.41) is 7.72. The molecule has 0 atom stereocenters. The summed E-state index contributed by atoms with van der Waals surface area (Å²) in [6.45, 7) is 0. The lowest BCUT2D eigenvalue weighted by Gasteiger charge is -2.04. The van der Waals surface area contributed by atoms with Gasteiger partial charge in [0.2, 0.25) is 0 Å². The minimum Gasteiger partial charge on any atom is -0.225 e. The molecule has 0 aromatic carbocycles. The SMILES string of the molecule is N#Cc1cc(Cl)c(C(F)F)c(Cl)n1. The molecule has 1 heterocycles.